The molecule has 33 heavy (non-hydrogen) atoms. The summed E-state index contributed by atoms with van der Waals surface area (Å²) >= 11 is 0. The first kappa shape index (κ1) is 23.9. The smallest absolute Gasteiger partial charge is 0.423 e. The fourth-order valence-corrected chi connectivity index (χ4v) is 3.04. The van der Waals surface area contributed by atoms with Gasteiger partial charge in [-0.2, -0.15) is 13.2 Å². The average molecular weight is 462 g/mol. The number of alkyl halides is 3. The van der Waals surface area contributed by atoms with E-state index >= 15 is 0 Å². The van der Waals surface area contributed by atoms with E-state index in [2.05, 4.69) is 0 Å². The van der Waals surface area contributed by atoms with Crippen molar-refractivity contribution in [3.05, 3.63) is 88.7 Å². The van der Waals surface area contributed by atoms with Crippen molar-refractivity contribution < 1.29 is 35.9 Å². The highest BCUT2D eigenvalue weighted by Crippen LogP contribution is 2.29. The number of hydrogen-bond donors (Lipinski definition) is 0. The molecule has 0 amide bonds. The van der Waals surface area contributed by atoms with E-state index in [1.54, 1.807) is 24.3 Å². The molecule has 0 fully saturated rings. The number of benzene rings is 3. The van der Waals surface area contributed by atoms with Crippen LogP contribution in [0.15, 0.2) is 54.6 Å². The average Bonchev–Trinajstić information content (AvgIpc) is 2.73. The van der Waals surface area contributed by atoms with E-state index in [-0.39, 0.29) is 22.4 Å². The van der Waals surface area contributed by atoms with Gasteiger partial charge in [0, 0.05) is 17.6 Å². The van der Waals surface area contributed by atoms with Gasteiger partial charge in [0.1, 0.15) is 23.2 Å². The normalized spacial score (nSPS) is 11.0. The molecule has 0 aliphatic rings. The minimum Gasteiger partial charge on any atom is -0.423 e. The van der Waals surface area contributed by atoms with Crippen LogP contribution in [0.5, 0.6) is 5.75 Å². The zero-order chi connectivity index (χ0) is 24.2. The number of hydrogen-bond acceptors (Lipinski definition) is 2. The molecule has 8 heteroatoms. The van der Waals surface area contributed by atoms with Gasteiger partial charge in [0.25, 0.3) is 0 Å². The molecular weight excluding hydrogens is 446 g/mol. The first-order valence-corrected chi connectivity index (χ1v) is 9.77. The Morgan fingerprint density at radius 1 is 0.909 bits per heavy atom. The van der Waals surface area contributed by atoms with Crippen molar-refractivity contribution in [2.45, 2.75) is 25.9 Å². The lowest BCUT2D eigenvalue weighted by atomic mass is 10.0. The summed E-state index contributed by atoms with van der Waals surface area (Å²) in [6.07, 6.45) is -3.11. The minimum absolute atomic E-state index is 0.132. The molecule has 170 valence electrons. The van der Waals surface area contributed by atoms with E-state index in [4.69, 9.17) is 4.74 Å². The molecule has 2 nitrogen and oxygen atoms in total. The molecule has 0 bridgehead atoms. The third-order valence-electron chi connectivity index (χ3n) is 4.56. The van der Waals surface area contributed by atoms with Gasteiger partial charge in [-0.1, -0.05) is 31.4 Å². The fourth-order valence-electron chi connectivity index (χ4n) is 3.04. The quantitative estimate of drug-likeness (QED) is 0.179. The van der Waals surface area contributed by atoms with Crippen molar-refractivity contribution in [2.75, 3.05) is 0 Å². The molecule has 3 aromatic carbocycles. The summed E-state index contributed by atoms with van der Waals surface area (Å²) in [7, 11) is 0. The maximum atomic E-state index is 14.6. The number of carbonyl (C=O) groups excluding carboxylic acids is 1. The number of carbonyl (C=O) groups is 1. The largest absolute Gasteiger partial charge is 0.458 e. The third kappa shape index (κ3) is 6.16. The monoisotopic (exact) mass is 462 g/mol. The number of esters is 1. The van der Waals surface area contributed by atoms with Gasteiger partial charge < -0.3 is 4.74 Å². The van der Waals surface area contributed by atoms with Crippen LogP contribution >= 0.6 is 0 Å². The van der Waals surface area contributed by atoms with Crippen molar-refractivity contribution in [3.8, 4) is 28.7 Å². The van der Waals surface area contributed by atoms with Gasteiger partial charge in [-0.3, -0.25) is 0 Å². The Morgan fingerprint density at radius 2 is 1.55 bits per heavy atom. The van der Waals surface area contributed by atoms with Crippen molar-refractivity contribution in [1.29, 1.82) is 0 Å². The molecule has 3 aromatic rings. The maximum Gasteiger partial charge on any atom is 0.458 e. The lowest BCUT2D eigenvalue weighted by molar-refractivity contribution is -0.0696. The second-order valence-electron chi connectivity index (χ2n) is 7.04. The number of ether oxygens (including phenoxy) is 1. The topological polar surface area (TPSA) is 26.3 Å². The van der Waals surface area contributed by atoms with E-state index in [1.165, 1.54) is 12.0 Å². The first-order chi connectivity index (χ1) is 15.6. The Morgan fingerprint density at radius 3 is 2.09 bits per heavy atom. The Hall–Kier alpha value is -3.73. The maximum absolute atomic E-state index is 14.6. The third-order valence-corrected chi connectivity index (χ3v) is 4.56. The Kier molecular flexibility index (Phi) is 7.12. The molecule has 0 aliphatic heterocycles. The zero-order valence-electron chi connectivity index (χ0n) is 17.2. The lowest BCUT2D eigenvalue weighted by Gasteiger charge is -2.09. The summed E-state index contributed by atoms with van der Waals surface area (Å²) in [6, 6.07) is 11.3. The van der Waals surface area contributed by atoms with Crippen molar-refractivity contribution >= 4 is 5.97 Å². The molecule has 0 heterocycles. The summed E-state index contributed by atoms with van der Waals surface area (Å²) in [5.41, 5.74) is -0.262. The second-order valence-corrected chi connectivity index (χ2v) is 7.04. The van der Waals surface area contributed by atoms with Gasteiger partial charge >= 0.3 is 12.1 Å². The van der Waals surface area contributed by atoms with Gasteiger partial charge in [-0.25, -0.2) is 18.0 Å². The molecular formula is C25H16F6O2. The van der Waals surface area contributed by atoms with Gasteiger partial charge in [0.15, 0.2) is 0 Å². The Bertz CT molecular complexity index is 1210. The van der Waals surface area contributed by atoms with Crippen LogP contribution in [0.4, 0.5) is 26.3 Å². The van der Waals surface area contributed by atoms with Crippen LogP contribution in [-0.2, 0) is 6.42 Å². The Labute approximate surface area is 185 Å². The molecule has 0 aliphatic carbocycles. The van der Waals surface area contributed by atoms with E-state index in [0.717, 1.165) is 36.5 Å². The van der Waals surface area contributed by atoms with E-state index in [0.29, 0.717) is 12.1 Å². The fraction of sp³-hybridized carbons (Fsp3) is 0.160. The van der Waals surface area contributed by atoms with Crippen molar-refractivity contribution in [2.24, 2.45) is 0 Å². The molecule has 0 saturated heterocycles. The van der Waals surface area contributed by atoms with E-state index < -0.39 is 35.2 Å². The van der Waals surface area contributed by atoms with Gasteiger partial charge in [0.2, 0.25) is 0 Å². The zero-order valence-corrected chi connectivity index (χ0v) is 17.2. The number of halogens is 6. The van der Waals surface area contributed by atoms with Crippen LogP contribution in [-0.4, -0.2) is 12.1 Å². The van der Waals surface area contributed by atoms with Crippen LogP contribution in [0.2, 0.25) is 0 Å². The summed E-state index contributed by atoms with van der Waals surface area (Å²) in [5.74, 6) is -2.36. The van der Waals surface area contributed by atoms with E-state index in [9.17, 15) is 31.1 Å². The molecule has 0 atom stereocenters. The van der Waals surface area contributed by atoms with Gasteiger partial charge in [-0.05, 0) is 53.9 Å². The second kappa shape index (κ2) is 9.82. The van der Waals surface area contributed by atoms with Crippen LogP contribution in [0.1, 0.15) is 34.8 Å². The molecule has 0 unspecified atom stereocenters. The van der Waals surface area contributed by atoms with Crippen molar-refractivity contribution in [1.82, 2.24) is 0 Å². The first-order valence-electron chi connectivity index (χ1n) is 9.77. The lowest BCUT2D eigenvalue weighted by Crippen LogP contribution is -2.08. The van der Waals surface area contributed by atoms with Crippen LogP contribution in [0.3, 0.4) is 0 Å². The SMILES string of the molecule is CCCc1ccc(C(=O)Oc2ccc(-c3cc(F)c(C#CC(F)(F)F)c(F)c3)c(F)c2)cc1. The van der Waals surface area contributed by atoms with Crippen LogP contribution in [0, 0.1) is 29.3 Å². The highest BCUT2D eigenvalue weighted by Gasteiger charge is 2.24. The van der Waals surface area contributed by atoms with Crippen LogP contribution in [0.25, 0.3) is 11.1 Å². The van der Waals surface area contributed by atoms with E-state index in [1.807, 2.05) is 6.92 Å². The Balaban J connectivity index is 1.81. The molecule has 0 saturated carbocycles. The number of rotatable bonds is 5. The van der Waals surface area contributed by atoms with Crippen LogP contribution < -0.4 is 4.74 Å². The summed E-state index contributed by atoms with van der Waals surface area (Å²) < 4.78 is 84.5. The summed E-state index contributed by atoms with van der Waals surface area (Å²) in [6.45, 7) is 2.03. The summed E-state index contributed by atoms with van der Waals surface area (Å²) in [5, 5.41) is 0. The minimum atomic E-state index is -4.92. The number of aryl methyl sites for hydroxylation is 1. The molecule has 0 spiro atoms. The predicted octanol–water partition coefficient (Wildman–Crippen LogP) is 6.86. The summed E-state index contributed by atoms with van der Waals surface area (Å²) in [4.78, 5) is 12.3. The van der Waals surface area contributed by atoms with Gasteiger partial charge in [0.05, 0.1) is 11.1 Å². The van der Waals surface area contributed by atoms with Crippen molar-refractivity contribution in [3.63, 3.8) is 0 Å². The highest BCUT2D eigenvalue weighted by molar-refractivity contribution is 5.91. The molecule has 0 radical (unpaired) electrons. The molecule has 0 aromatic heterocycles. The molecule has 0 N–H and O–H groups in total. The molecule has 3 rings (SSSR count). The van der Waals surface area contributed by atoms with Gasteiger partial charge in [-0.15, -0.1) is 0 Å². The highest BCUT2D eigenvalue weighted by atomic mass is 19.4. The standard InChI is InChI=1S/C25H16F6O2/c1-2-3-15-4-6-16(7-5-15)24(32)33-18-8-9-19(23(28)14-18)17-12-21(26)20(22(27)13-17)10-11-25(29,30)31/h4-9,12-14H,2-3H2,1H3. The predicted molar refractivity (Wildman–Crippen MR) is 110 cm³/mol.